The number of allylic oxidation sites excluding steroid dienone is 6. The van der Waals surface area contributed by atoms with Crippen LogP contribution in [0, 0.1) is 11.8 Å². The second kappa shape index (κ2) is 49.4. The second-order valence-corrected chi connectivity index (χ2v) is 20.4. The standard InChI is InChI=1S/C61H106O9/c1-4-7-10-13-16-18-20-22-24-26-28-30-32-38-43-48-57(62)67-52-55(69-59(64)50-45-40-33-31-29-27-25-23-21-19-17-14-11-8-5-2)53-68-58(63)49-44-39-35-34-37-42-47-54(46-41-36-15-12-9-6-3)56-51-60(65)70-61(56)66/h22-25,42,47,54-56H,4-21,26-41,43-46,48-53H2,1-3H3. The maximum Gasteiger partial charge on any atom is 0.317 e. The summed E-state index contributed by atoms with van der Waals surface area (Å²) in [6, 6.07) is 0. The molecule has 1 saturated heterocycles. The van der Waals surface area contributed by atoms with Crippen molar-refractivity contribution in [3.05, 3.63) is 36.5 Å². The summed E-state index contributed by atoms with van der Waals surface area (Å²) >= 11 is 0. The maximum atomic E-state index is 12.9. The van der Waals surface area contributed by atoms with Gasteiger partial charge in [0, 0.05) is 19.3 Å². The summed E-state index contributed by atoms with van der Waals surface area (Å²) in [7, 11) is 0. The van der Waals surface area contributed by atoms with Crippen molar-refractivity contribution in [3.8, 4) is 0 Å². The lowest BCUT2D eigenvalue weighted by atomic mass is 9.86. The Morgan fingerprint density at radius 1 is 0.457 bits per heavy atom. The molecule has 1 heterocycles. The molecule has 0 spiro atoms. The molecule has 70 heavy (non-hydrogen) atoms. The summed E-state index contributed by atoms with van der Waals surface area (Å²) in [5, 5.41) is 0. The van der Waals surface area contributed by atoms with Crippen molar-refractivity contribution in [2.24, 2.45) is 11.8 Å². The lowest BCUT2D eigenvalue weighted by molar-refractivity contribution is -0.167. The van der Waals surface area contributed by atoms with Gasteiger partial charge in [0.25, 0.3) is 0 Å². The number of cyclic esters (lactones) is 2. The number of carbonyl (C=O) groups excluding carboxylic acids is 5. The van der Waals surface area contributed by atoms with Crippen LogP contribution in [0.25, 0.3) is 0 Å². The number of hydrogen-bond acceptors (Lipinski definition) is 9. The fraction of sp³-hybridized carbons (Fsp3) is 0.820. The molecule has 0 aliphatic carbocycles. The number of hydrogen-bond donors (Lipinski definition) is 0. The monoisotopic (exact) mass is 983 g/mol. The Hall–Kier alpha value is -3.23. The van der Waals surface area contributed by atoms with Gasteiger partial charge < -0.3 is 18.9 Å². The molecule has 0 saturated carbocycles. The van der Waals surface area contributed by atoms with E-state index in [1.807, 2.05) is 0 Å². The zero-order chi connectivity index (χ0) is 50.8. The smallest absolute Gasteiger partial charge is 0.317 e. The van der Waals surface area contributed by atoms with Crippen molar-refractivity contribution in [3.63, 3.8) is 0 Å². The van der Waals surface area contributed by atoms with Crippen LogP contribution < -0.4 is 0 Å². The first-order valence-electron chi connectivity index (χ1n) is 29.5. The fourth-order valence-electron chi connectivity index (χ4n) is 9.12. The normalized spacial score (nSPS) is 14.8. The Morgan fingerprint density at radius 3 is 1.19 bits per heavy atom. The first-order valence-corrected chi connectivity index (χ1v) is 29.5. The average Bonchev–Trinajstić information content (AvgIpc) is 3.69. The van der Waals surface area contributed by atoms with Gasteiger partial charge in [0.1, 0.15) is 13.2 Å². The van der Waals surface area contributed by atoms with E-state index in [2.05, 4.69) is 57.2 Å². The summed E-state index contributed by atoms with van der Waals surface area (Å²) in [6.45, 7) is 6.46. The third kappa shape index (κ3) is 41.4. The van der Waals surface area contributed by atoms with Gasteiger partial charge >= 0.3 is 29.8 Å². The number of ether oxygens (including phenoxy) is 4. The van der Waals surface area contributed by atoms with Crippen LogP contribution in [-0.4, -0.2) is 49.2 Å². The fourth-order valence-corrected chi connectivity index (χ4v) is 9.12. The van der Waals surface area contributed by atoms with Crippen molar-refractivity contribution < 1.29 is 42.9 Å². The molecule has 1 aliphatic heterocycles. The van der Waals surface area contributed by atoms with E-state index in [1.54, 1.807) is 0 Å². The molecule has 3 unspecified atom stereocenters. The summed E-state index contributed by atoms with van der Waals surface area (Å²) in [4.78, 5) is 62.5. The minimum Gasteiger partial charge on any atom is -0.462 e. The van der Waals surface area contributed by atoms with E-state index in [0.717, 1.165) is 116 Å². The quantitative estimate of drug-likeness (QED) is 0.0193. The summed E-state index contributed by atoms with van der Waals surface area (Å²) in [6.07, 6.45) is 56.9. The first-order chi connectivity index (χ1) is 34.3. The van der Waals surface area contributed by atoms with Crippen LogP contribution in [0.1, 0.15) is 290 Å². The van der Waals surface area contributed by atoms with Crippen molar-refractivity contribution in [1.29, 1.82) is 0 Å². The number of rotatable bonds is 51. The molecule has 404 valence electrons. The summed E-state index contributed by atoms with van der Waals surface area (Å²) < 4.78 is 21.7. The Bertz CT molecular complexity index is 1370. The van der Waals surface area contributed by atoms with E-state index in [0.29, 0.717) is 12.8 Å². The van der Waals surface area contributed by atoms with E-state index in [4.69, 9.17) is 18.9 Å². The molecule has 0 N–H and O–H groups in total. The van der Waals surface area contributed by atoms with E-state index < -0.39 is 12.1 Å². The van der Waals surface area contributed by atoms with Gasteiger partial charge in [0.15, 0.2) is 6.10 Å². The zero-order valence-corrected chi connectivity index (χ0v) is 45.5. The molecule has 9 nitrogen and oxygen atoms in total. The molecule has 9 heteroatoms. The third-order valence-corrected chi connectivity index (χ3v) is 13.6. The topological polar surface area (TPSA) is 122 Å². The van der Waals surface area contributed by atoms with Gasteiger partial charge in [0.2, 0.25) is 0 Å². The molecule has 0 aromatic rings. The van der Waals surface area contributed by atoms with Gasteiger partial charge in [-0.1, -0.05) is 211 Å². The third-order valence-electron chi connectivity index (χ3n) is 13.6. The molecule has 0 amide bonds. The molecule has 0 bridgehead atoms. The second-order valence-electron chi connectivity index (χ2n) is 20.4. The van der Waals surface area contributed by atoms with Crippen LogP contribution in [0.2, 0.25) is 0 Å². The van der Waals surface area contributed by atoms with Gasteiger partial charge in [-0.2, -0.15) is 0 Å². The molecule has 0 radical (unpaired) electrons. The predicted molar refractivity (Wildman–Crippen MR) is 288 cm³/mol. The lowest BCUT2D eigenvalue weighted by Crippen LogP contribution is -2.30. The molecule has 1 fully saturated rings. The Morgan fingerprint density at radius 2 is 0.800 bits per heavy atom. The van der Waals surface area contributed by atoms with E-state index in [-0.39, 0.29) is 68.2 Å². The van der Waals surface area contributed by atoms with Gasteiger partial charge in [-0.3, -0.25) is 24.0 Å². The maximum absolute atomic E-state index is 12.9. The minimum atomic E-state index is -0.835. The lowest BCUT2D eigenvalue weighted by Gasteiger charge is -2.18. The SMILES string of the molecule is CCCCCCCCC=CCCCCCCCC(=O)OCC(COC(=O)CCCCCCC=CC(CCCCCCCC)C1CC(=O)OC1=O)OC(=O)CCCCCCCC=CCCCCCCCC. The highest BCUT2D eigenvalue weighted by molar-refractivity contribution is 5.94. The van der Waals surface area contributed by atoms with Crippen LogP contribution in [-0.2, 0) is 42.9 Å². The van der Waals surface area contributed by atoms with Crippen LogP contribution in [0.3, 0.4) is 0 Å². The largest absolute Gasteiger partial charge is 0.462 e. The van der Waals surface area contributed by atoms with Gasteiger partial charge in [-0.05, 0) is 95.8 Å². The Labute approximate surface area is 429 Å². The highest BCUT2D eigenvalue weighted by Crippen LogP contribution is 2.30. The zero-order valence-electron chi connectivity index (χ0n) is 45.5. The molecule has 0 aromatic carbocycles. The average molecular weight is 984 g/mol. The minimum absolute atomic E-state index is 0.0236. The van der Waals surface area contributed by atoms with Crippen LogP contribution in [0.5, 0.6) is 0 Å². The van der Waals surface area contributed by atoms with Gasteiger partial charge in [-0.15, -0.1) is 0 Å². The van der Waals surface area contributed by atoms with Crippen molar-refractivity contribution >= 4 is 29.8 Å². The molecule has 1 aliphatic rings. The van der Waals surface area contributed by atoms with E-state index in [1.165, 1.54) is 122 Å². The number of carbonyl (C=O) groups is 5. The molecule has 3 atom stereocenters. The summed E-state index contributed by atoms with van der Waals surface area (Å²) in [5.41, 5.74) is 0. The Kier molecular flexibility index (Phi) is 45.7. The first kappa shape index (κ1) is 64.8. The van der Waals surface area contributed by atoms with Gasteiger partial charge in [0.05, 0.1) is 12.3 Å². The Balaban J connectivity index is 2.43. The number of esters is 5. The molecule has 0 aromatic heterocycles. The van der Waals surface area contributed by atoms with Crippen molar-refractivity contribution in [2.45, 2.75) is 297 Å². The van der Waals surface area contributed by atoms with E-state index in [9.17, 15) is 24.0 Å². The highest BCUT2D eigenvalue weighted by atomic mass is 16.6. The number of unbranched alkanes of at least 4 members (excludes halogenated alkanes) is 31. The summed E-state index contributed by atoms with van der Waals surface area (Å²) in [5.74, 6) is -2.18. The predicted octanol–water partition coefficient (Wildman–Crippen LogP) is 17.4. The van der Waals surface area contributed by atoms with Crippen LogP contribution in [0.4, 0.5) is 0 Å². The van der Waals surface area contributed by atoms with Crippen LogP contribution >= 0.6 is 0 Å². The van der Waals surface area contributed by atoms with Gasteiger partial charge in [-0.25, -0.2) is 0 Å². The van der Waals surface area contributed by atoms with Crippen molar-refractivity contribution in [2.75, 3.05) is 13.2 Å². The van der Waals surface area contributed by atoms with Crippen LogP contribution in [0.15, 0.2) is 36.5 Å². The highest BCUT2D eigenvalue weighted by Gasteiger charge is 2.37. The molecular weight excluding hydrogens is 877 g/mol. The molecule has 1 rings (SSSR count). The van der Waals surface area contributed by atoms with Crippen molar-refractivity contribution in [1.82, 2.24) is 0 Å². The molecular formula is C61H106O9. The van der Waals surface area contributed by atoms with E-state index >= 15 is 0 Å².